The monoisotopic (exact) mass is 357 g/mol. The first-order chi connectivity index (χ1) is 12.6. The van der Waals surface area contributed by atoms with Crippen molar-refractivity contribution in [2.24, 2.45) is 0 Å². The van der Waals surface area contributed by atoms with Gasteiger partial charge in [-0.2, -0.15) is 0 Å². The van der Waals surface area contributed by atoms with E-state index in [0.717, 1.165) is 12.1 Å². The molecule has 2 aromatic rings. The Labute approximate surface area is 149 Å². The van der Waals surface area contributed by atoms with E-state index < -0.39 is 17.7 Å². The van der Waals surface area contributed by atoms with E-state index in [1.807, 2.05) is 0 Å². The third kappa shape index (κ3) is 3.98. The van der Waals surface area contributed by atoms with E-state index in [1.54, 1.807) is 12.1 Å². The molecule has 1 amide bonds. The quantitative estimate of drug-likeness (QED) is 0.808. The second kappa shape index (κ2) is 7.93. The summed E-state index contributed by atoms with van der Waals surface area (Å²) in [6.07, 6.45) is 6.82. The highest BCUT2D eigenvalue weighted by molar-refractivity contribution is 5.94. The van der Waals surface area contributed by atoms with Crippen LogP contribution < -0.4 is 10.6 Å². The van der Waals surface area contributed by atoms with E-state index in [0.29, 0.717) is 30.0 Å². The van der Waals surface area contributed by atoms with Crippen LogP contribution in [0.1, 0.15) is 28.4 Å². The molecule has 7 heteroatoms. The van der Waals surface area contributed by atoms with Crippen LogP contribution in [0.4, 0.5) is 14.6 Å². The number of halogens is 2. The molecule has 1 aromatic heterocycles. The summed E-state index contributed by atoms with van der Waals surface area (Å²) < 4.78 is 32.3. The molecule has 0 radical (unpaired) electrons. The summed E-state index contributed by atoms with van der Waals surface area (Å²) in [6.45, 7) is 0.641. The molecule has 2 atom stereocenters. The van der Waals surface area contributed by atoms with Gasteiger partial charge in [0.15, 0.2) is 11.6 Å². The predicted octanol–water partition coefficient (Wildman–Crippen LogP) is 2.66. The van der Waals surface area contributed by atoms with Crippen molar-refractivity contribution in [2.75, 3.05) is 18.5 Å². The molecule has 0 saturated carbocycles. The highest BCUT2D eigenvalue weighted by Crippen LogP contribution is 2.31. The van der Waals surface area contributed by atoms with Gasteiger partial charge in [-0.15, -0.1) is 6.42 Å². The Hall–Kier alpha value is -2.98. The summed E-state index contributed by atoms with van der Waals surface area (Å²) in [5.41, 5.74) is 0.954. The van der Waals surface area contributed by atoms with Crippen LogP contribution >= 0.6 is 0 Å². The molecule has 2 unspecified atom stereocenters. The van der Waals surface area contributed by atoms with E-state index in [2.05, 4.69) is 21.5 Å². The zero-order valence-electron chi connectivity index (χ0n) is 13.8. The van der Waals surface area contributed by atoms with Crippen molar-refractivity contribution in [1.82, 2.24) is 10.3 Å². The van der Waals surface area contributed by atoms with Crippen LogP contribution in [-0.4, -0.2) is 30.1 Å². The summed E-state index contributed by atoms with van der Waals surface area (Å²) in [5.74, 6) is 0.787. The van der Waals surface area contributed by atoms with Gasteiger partial charge in [0, 0.05) is 12.8 Å². The minimum atomic E-state index is -0.905. The summed E-state index contributed by atoms with van der Waals surface area (Å²) in [6, 6.07) is 6.90. The highest BCUT2D eigenvalue weighted by atomic mass is 19.2. The number of ether oxygens (including phenoxy) is 1. The summed E-state index contributed by atoms with van der Waals surface area (Å²) >= 11 is 0. The Balaban J connectivity index is 1.68. The number of carbonyl (C=O) groups excluding carboxylic acids is 1. The molecule has 2 N–H and O–H groups in total. The van der Waals surface area contributed by atoms with Crippen LogP contribution in [0.15, 0.2) is 36.5 Å². The maximum absolute atomic E-state index is 13.5. The number of hydrogen-bond acceptors (Lipinski definition) is 4. The van der Waals surface area contributed by atoms with Gasteiger partial charge >= 0.3 is 0 Å². The molecule has 0 bridgehead atoms. The van der Waals surface area contributed by atoms with Gasteiger partial charge < -0.3 is 15.4 Å². The topological polar surface area (TPSA) is 63.2 Å². The van der Waals surface area contributed by atoms with Gasteiger partial charge in [-0.05, 0) is 36.2 Å². The maximum Gasteiger partial charge on any atom is 0.253 e. The van der Waals surface area contributed by atoms with Gasteiger partial charge in [-0.1, -0.05) is 12.0 Å². The fraction of sp³-hybridized carbons (Fsp3) is 0.263. The van der Waals surface area contributed by atoms with Gasteiger partial charge in [0.05, 0.1) is 18.2 Å². The van der Waals surface area contributed by atoms with Crippen molar-refractivity contribution < 1.29 is 18.3 Å². The molecule has 1 fully saturated rings. The lowest BCUT2D eigenvalue weighted by molar-refractivity contribution is 0.0958. The number of terminal acetylenes is 1. The van der Waals surface area contributed by atoms with Crippen molar-refractivity contribution in [1.29, 1.82) is 0 Å². The van der Waals surface area contributed by atoms with Crippen LogP contribution in [0, 0.1) is 24.0 Å². The first-order valence-electron chi connectivity index (χ1n) is 8.09. The van der Waals surface area contributed by atoms with Crippen molar-refractivity contribution in [3.8, 4) is 12.3 Å². The molecule has 134 valence electrons. The maximum atomic E-state index is 13.5. The lowest BCUT2D eigenvalue weighted by atomic mass is 10.0. The van der Waals surface area contributed by atoms with E-state index >= 15 is 0 Å². The smallest absolute Gasteiger partial charge is 0.253 e. The molecule has 0 spiro atoms. The Bertz CT molecular complexity index is 834. The fourth-order valence-corrected chi connectivity index (χ4v) is 2.79. The van der Waals surface area contributed by atoms with Crippen molar-refractivity contribution in [3.63, 3.8) is 0 Å². The van der Waals surface area contributed by atoms with E-state index in [-0.39, 0.29) is 18.5 Å². The number of nitrogens with zero attached hydrogens (tertiary/aromatic N) is 1. The lowest BCUT2D eigenvalue weighted by Gasteiger charge is -2.21. The first kappa shape index (κ1) is 17.8. The zero-order chi connectivity index (χ0) is 18.5. The molecule has 1 saturated heterocycles. The molecule has 1 aliphatic heterocycles. The van der Waals surface area contributed by atoms with Gasteiger partial charge in [0.2, 0.25) is 0 Å². The SMILES string of the molecule is C#CCNC(=O)c1ccc(NC2CCOC2c2ccc(F)c(F)c2)nc1. The molecule has 3 rings (SSSR count). The number of amides is 1. The predicted molar refractivity (Wildman–Crippen MR) is 92.5 cm³/mol. The summed E-state index contributed by atoms with van der Waals surface area (Å²) in [5, 5.41) is 5.77. The first-order valence-corrected chi connectivity index (χ1v) is 8.09. The second-order valence-electron chi connectivity index (χ2n) is 5.82. The summed E-state index contributed by atoms with van der Waals surface area (Å²) in [7, 11) is 0. The standard InChI is InChI=1S/C19H17F2N3O2/c1-2-8-22-19(25)13-4-6-17(23-11-13)24-16-7-9-26-18(16)12-3-5-14(20)15(21)10-12/h1,3-6,10-11,16,18H,7-9H2,(H,22,25)(H,23,24). The van der Waals surface area contributed by atoms with E-state index in [9.17, 15) is 13.6 Å². The molecular weight excluding hydrogens is 340 g/mol. The molecule has 26 heavy (non-hydrogen) atoms. The second-order valence-corrected chi connectivity index (χ2v) is 5.82. The van der Waals surface area contributed by atoms with Crippen LogP contribution in [-0.2, 0) is 4.74 Å². The Kier molecular flexibility index (Phi) is 5.44. The zero-order valence-corrected chi connectivity index (χ0v) is 13.8. The van der Waals surface area contributed by atoms with Crippen LogP contribution in [0.5, 0.6) is 0 Å². The highest BCUT2D eigenvalue weighted by Gasteiger charge is 2.30. The largest absolute Gasteiger partial charge is 0.371 e. The Morgan fingerprint density at radius 1 is 1.31 bits per heavy atom. The number of pyridine rings is 1. The van der Waals surface area contributed by atoms with Crippen molar-refractivity contribution in [3.05, 3.63) is 59.3 Å². The summed E-state index contributed by atoms with van der Waals surface area (Å²) in [4.78, 5) is 16.0. The molecule has 2 heterocycles. The number of nitrogens with one attached hydrogen (secondary N) is 2. The number of aromatic nitrogens is 1. The van der Waals surface area contributed by atoms with Crippen LogP contribution in [0.3, 0.4) is 0 Å². The minimum Gasteiger partial charge on any atom is -0.371 e. The minimum absolute atomic E-state index is 0.145. The molecular formula is C19H17F2N3O2. The van der Waals surface area contributed by atoms with Gasteiger partial charge in [-0.25, -0.2) is 13.8 Å². The lowest BCUT2D eigenvalue weighted by Crippen LogP contribution is -2.25. The van der Waals surface area contributed by atoms with Crippen molar-refractivity contribution >= 4 is 11.7 Å². The number of hydrogen-bond donors (Lipinski definition) is 2. The van der Waals surface area contributed by atoms with Crippen LogP contribution in [0.2, 0.25) is 0 Å². The number of anilines is 1. The number of rotatable bonds is 5. The van der Waals surface area contributed by atoms with Crippen LogP contribution in [0.25, 0.3) is 0 Å². The number of benzene rings is 1. The average molecular weight is 357 g/mol. The molecule has 5 nitrogen and oxygen atoms in total. The Morgan fingerprint density at radius 2 is 2.15 bits per heavy atom. The third-order valence-corrected chi connectivity index (χ3v) is 4.07. The molecule has 1 aliphatic rings. The molecule has 1 aromatic carbocycles. The third-order valence-electron chi connectivity index (χ3n) is 4.07. The molecule has 0 aliphatic carbocycles. The normalized spacial score (nSPS) is 19.0. The van der Waals surface area contributed by atoms with Crippen molar-refractivity contribution in [2.45, 2.75) is 18.6 Å². The van der Waals surface area contributed by atoms with E-state index in [4.69, 9.17) is 11.2 Å². The average Bonchev–Trinajstić information content (AvgIpc) is 3.10. The van der Waals surface area contributed by atoms with E-state index in [1.165, 1.54) is 12.3 Å². The number of carbonyl (C=O) groups is 1. The fourth-order valence-electron chi connectivity index (χ4n) is 2.79. The Morgan fingerprint density at radius 3 is 2.85 bits per heavy atom. The van der Waals surface area contributed by atoms with Gasteiger partial charge in [0.25, 0.3) is 5.91 Å². The van der Waals surface area contributed by atoms with Gasteiger partial charge in [-0.3, -0.25) is 4.79 Å². The van der Waals surface area contributed by atoms with Gasteiger partial charge in [0.1, 0.15) is 11.9 Å².